The normalized spacial score (nSPS) is 11.6. The van der Waals surface area contributed by atoms with Gasteiger partial charge < -0.3 is 4.74 Å². The number of aromatic nitrogens is 3. The number of alkyl halides is 3. The van der Waals surface area contributed by atoms with E-state index in [1.807, 2.05) is 30.3 Å². The topological polar surface area (TPSA) is 83.1 Å². The van der Waals surface area contributed by atoms with Crippen molar-refractivity contribution in [2.75, 3.05) is 0 Å². The molecular formula is C27H19F3N4O3. The van der Waals surface area contributed by atoms with Crippen molar-refractivity contribution in [3.63, 3.8) is 0 Å². The lowest BCUT2D eigenvalue weighted by Crippen LogP contribution is -2.08. The number of non-ortho nitro benzene ring substituents is 1. The second-order valence-corrected chi connectivity index (χ2v) is 8.32. The predicted molar refractivity (Wildman–Crippen MR) is 131 cm³/mol. The Kier molecular flexibility index (Phi) is 6.08. The molecule has 186 valence electrons. The fourth-order valence-electron chi connectivity index (χ4n) is 4.02. The molecule has 0 aliphatic carbocycles. The zero-order valence-electron chi connectivity index (χ0n) is 19.4. The van der Waals surface area contributed by atoms with E-state index in [0.717, 1.165) is 11.6 Å². The second kappa shape index (κ2) is 9.38. The summed E-state index contributed by atoms with van der Waals surface area (Å²) < 4.78 is 49.4. The molecule has 0 bridgehead atoms. The number of ether oxygens (including phenoxy) is 1. The first-order valence-corrected chi connectivity index (χ1v) is 11.2. The van der Waals surface area contributed by atoms with Crippen LogP contribution in [-0.2, 0) is 12.8 Å². The van der Waals surface area contributed by atoms with Gasteiger partial charge in [0.15, 0.2) is 5.65 Å². The minimum absolute atomic E-state index is 0.000539. The summed E-state index contributed by atoms with van der Waals surface area (Å²) in [6.45, 7) is 1.83. The van der Waals surface area contributed by atoms with E-state index in [4.69, 9.17) is 4.74 Å². The summed E-state index contributed by atoms with van der Waals surface area (Å²) in [7, 11) is 0. The molecule has 0 saturated heterocycles. The van der Waals surface area contributed by atoms with Crippen LogP contribution in [0.5, 0.6) is 5.75 Å². The van der Waals surface area contributed by atoms with Gasteiger partial charge in [0.05, 0.1) is 32.9 Å². The lowest BCUT2D eigenvalue weighted by atomic mass is 10.0. The number of pyridine rings is 1. The Morgan fingerprint density at radius 3 is 2.27 bits per heavy atom. The third-order valence-electron chi connectivity index (χ3n) is 5.82. The molecular weight excluding hydrogens is 485 g/mol. The number of nitro benzene ring substituents is 1. The lowest BCUT2D eigenvalue weighted by molar-refractivity contribution is -0.384. The molecule has 10 heteroatoms. The van der Waals surface area contributed by atoms with Gasteiger partial charge in [0.2, 0.25) is 0 Å². The molecule has 0 unspecified atom stereocenters. The number of aryl methyl sites for hydroxylation is 1. The van der Waals surface area contributed by atoms with Gasteiger partial charge in [-0.05, 0) is 55.0 Å². The van der Waals surface area contributed by atoms with Crippen molar-refractivity contribution in [1.29, 1.82) is 0 Å². The first-order valence-electron chi connectivity index (χ1n) is 11.2. The zero-order chi connectivity index (χ0) is 26.2. The van der Waals surface area contributed by atoms with E-state index in [9.17, 15) is 23.3 Å². The minimum atomic E-state index is -4.65. The van der Waals surface area contributed by atoms with Gasteiger partial charge in [0, 0.05) is 17.7 Å². The van der Waals surface area contributed by atoms with Crippen LogP contribution in [0, 0.1) is 17.0 Å². The molecule has 0 aliphatic rings. The van der Waals surface area contributed by atoms with Gasteiger partial charge in [0.25, 0.3) is 5.69 Å². The first-order chi connectivity index (χ1) is 17.7. The molecule has 0 atom stereocenters. The Labute approximate surface area is 208 Å². The molecule has 2 aromatic heterocycles. The van der Waals surface area contributed by atoms with Crippen LogP contribution < -0.4 is 4.74 Å². The van der Waals surface area contributed by atoms with Gasteiger partial charge in [-0.25, -0.2) is 9.67 Å². The third kappa shape index (κ3) is 4.86. The van der Waals surface area contributed by atoms with Gasteiger partial charge >= 0.3 is 6.18 Å². The van der Waals surface area contributed by atoms with Crippen molar-refractivity contribution in [3.05, 3.63) is 112 Å². The van der Waals surface area contributed by atoms with Gasteiger partial charge in [0.1, 0.15) is 12.4 Å². The number of hydrogen-bond acceptors (Lipinski definition) is 5. The standard InChI is InChI=1S/C27H19F3N4O3/c1-17-25-23(27(28,29)30)15-24(19-7-13-22(14-8-19)37-16-18-5-3-2-4-6-18)31-26(25)33(32-17)20-9-11-21(12-10-20)34(35)36/h2-15H,16H2,1H3. The van der Waals surface area contributed by atoms with Crippen molar-refractivity contribution in [2.24, 2.45) is 0 Å². The van der Waals surface area contributed by atoms with Crippen molar-refractivity contribution < 1.29 is 22.8 Å². The van der Waals surface area contributed by atoms with Crippen molar-refractivity contribution in [2.45, 2.75) is 19.7 Å². The minimum Gasteiger partial charge on any atom is -0.489 e. The molecule has 0 radical (unpaired) electrons. The van der Waals surface area contributed by atoms with Crippen LogP contribution in [-0.4, -0.2) is 19.7 Å². The SMILES string of the molecule is Cc1nn(-c2ccc([N+](=O)[O-])cc2)c2nc(-c3ccc(OCc4ccccc4)cc3)cc(C(F)(F)F)c12. The Hall–Kier alpha value is -4.73. The molecule has 2 heterocycles. The largest absolute Gasteiger partial charge is 0.489 e. The highest BCUT2D eigenvalue weighted by atomic mass is 19.4. The Morgan fingerprint density at radius 1 is 0.973 bits per heavy atom. The quantitative estimate of drug-likeness (QED) is 0.186. The van der Waals surface area contributed by atoms with E-state index >= 15 is 0 Å². The van der Waals surface area contributed by atoms with E-state index < -0.39 is 16.7 Å². The van der Waals surface area contributed by atoms with Crippen LogP contribution in [0.25, 0.3) is 28.0 Å². The fraction of sp³-hybridized carbons (Fsp3) is 0.111. The molecule has 5 aromatic rings. The molecule has 7 nitrogen and oxygen atoms in total. The number of nitro groups is 1. The smallest absolute Gasteiger partial charge is 0.417 e. The maximum atomic E-state index is 14.1. The summed E-state index contributed by atoms with van der Waals surface area (Å²) in [6, 6.07) is 22.6. The van der Waals surface area contributed by atoms with E-state index in [1.165, 1.54) is 35.9 Å². The predicted octanol–water partition coefficient (Wildman–Crippen LogP) is 6.90. The monoisotopic (exact) mass is 504 g/mol. The molecule has 0 spiro atoms. The van der Waals surface area contributed by atoms with Gasteiger partial charge in [-0.3, -0.25) is 10.1 Å². The van der Waals surface area contributed by atoms with Crippen LogP contribution >= 0.6 is 0 Å². The van der Waals surface area contributed by atoms with E-state index in [-0.39, 0.29) is 28.1 Å². The Morgan fingerprint density at radius 2 is 1.65 bits per heavy atom. The maximum Gasteiger partial charge on any atom is 0.417 e. The van der Waals surface area contributed by atoms with Crippen LogP contribution in [0.1, 0.15) is 16.8 Å². The van der Waals surface area contributed by atoms with Crippen LogP contribution in [0.15, 0.2) is 84.9 Å². The number of benzene rings is 3. The highest BCUT2D eigenvalue weighted by molar-refractivity contribution is 5.87. The number of rotatable bonds is 6. The average molecular weight is 504 g/mol. The van der Waals surface area contributed by atoms with Crippen molar-refractivity contribution in [1.82, 2.24) is 14.8 Å². The van der Waals surface area contributed by atoms with Crippen LogP contribution in [0.3, 0.4) is 0 Å². The summed E-state index contributed by atoms with van der Waals surface area (Å²) in [5.74, 6) is 0.566. The van der Waals surface area contributed by atoms with E-state index in [2.05, 4.69) is 10.1 Å². The molecule has 37 heavy (non-hydrogen) atoms. The number of nitrogens with zero attached hydrogens (tertiary/aromatic N) is 4. The summed E-state index contributed by atoms with van der Waals surface area (Å²) in [6.07, 6.45) is -4.65. The van der Waals surface area contributed by atoms with Gasteiger partial charge in [-0.2, -0.15) is 18.3 Å². The summed E-state index contributed by atoms with van der Waals surface area (Å²) in [5, 5.41) is 15.1. The van der Waals surface area contributed by atoms with Gasteiger partial charge in [-0.1, -0.05) is 30.3 Å². The first kappa shape index (κ1) is 24.0. The van der Waals surface area contributed by atoms with Crippen LogP contribution in [0.2, 0.25) is 0 Å². The molecule has 5 rings (SSSR count). The number of hydrogen-bond donors (Lipinski definition) is 0. The second-order valence-electron chi connectivity index (χ2n) is 8.32. The molecule has 0 amide bonds. The third-order valence-corrected chi connectivity index (χ3v) is 5.82. The molecule has 0 saturated carbocycles. The number of fused-ring (bicyclic) bond motifs is 1. The number of halogens is 3. The molecule has 0 aliphatic heterocycles. The molecule has 0 fully saturated rings. The summed E-state index contributed by atoms with van der Waals surface area (Å²) >= 11 is 0. The van der Waals surface area contributed by atoms with E-state index in [0.29, 0.717) is 23.6 Å². The summed E-state index contributed by atoms with van der Waals surface area (Å²) in [4.78, 5) is 15.0. The molecule has 3 aromatic carbocycles. The highest BCUT2D eigenvalue weighted by Gasteiger charge is 2.36. The fourth-order valence-corrected chi connectivity index (χ4v) is 4.02. The molecule has 0 N–H and O–H groups in total. The Bertz CT molecular complexity index is 1580. The van der Waals surface area contributed by atoms with Crippen LogP contribution in [0.4, 0.5) is 18.9 Å². The van der Waals surface area contributed by atoms with Crippen molar-refractivity contribution in [3.8, 4) is 22.7 Å². The van der Waals surface area contributed by atoms with Gasteiger partial charge in [-0.15, -0.1) is 0 Å². The summed E-state index contributed by atoms with van der Waals surface area (Å²) in [5.41, 5.74) is 1.06. The lowest BCUT2D eigenvalue weighted by Gasteiger charge is -2.12. The highest BCUT2D eigenvalue weighted by Crippen LogP contribution is 2.39. The maximum absolute atomic E-state index is 14.1. The zero-order valence-corrected chi connectivity index (χ0v) is 19.4. The van der Waals surface area contributed by atoms with E-state index in [1.54, 1.807) is 24.3 Å². The van der Waals surface area contributed by atoms with Crippen molar-refractivity contribution >= 4 is 16.7 Å². The average Bonchev–Trinajstić information content (AvgIpc) is 3.23. The Balaban J connectivity index is 1.55.